The number of aryl methyl sites for hydroxylation is 1. The van der Waals surface area contributed by atoms with Crippen LogP contribution in [-0.4, -0.2) is 52.3 Å². The minimum Gasteiger partial charge on any atom is -0.368 e. The van der Waals surface area contributed by atoms with Crippen molar-refractivity contribution in [1.82, 2.24) is 39.2 Å². The fourth-order valence-corrected chi connectivity index (χ4v) is 3.74. The molecule has 0 saturated heterocycles. The molecule has 28 heavy (non-hydrogen) atoms. The molecule has 0 amide bonds. The number of nitrogens with two attached hydrogens (primary N) is 1. The standard InChI is InChI=1S/C18H20FN9/c1-2-14-23-24-15-10-26(8-9-27(14)15)7-6-13-21-17-11-4-3-5-12(19)16(11)22-18(20)28(17)25-13/h3-5H,2,6-10H2,1H3,(H2,20,22). The van der Waals surface area contributed by atoms with Gasteiger partial charge in [-0.05, 0) is 12.1 Å². The van der Waals surface area contributed by atoms with E-state index in [1.165, 1.54) is 10.6 Å². The van der Waals surface area contributed by atoms with Gasteiger partial charge in [0.1, 0.15) is 23.0 Å². The molecule has 0 fully saturated rings. The molecule has 9 nitrogen and oxygen atoms in total. The highest BCUT2D eigenvalue weighted by Crippen LogP contribution is 2.22. The maximum Gasteiger partial charge on any atom is 0.223 e. The van der Waals surface area contributed by atoms with Gasteiger partial charge in [0, 0.05) is 37.9 Å². The Labute approximate surface area is 160 Å². The largest absolute Gasteiger partial charge is 0.368 e. The van der Waals surface area contributed by atoms with Crippen LogP contribution in [0.4, 0.5) is 10.3 Å². The van der Waals surface area contributed by atoms with Crippen molar-refractivity contribution < 1.29 is 4.39 Å². The van der Waals surface area contributed by atoms with E-state index in [1.807, 2.05) is 0 Å². The Hall–Kier alpha value is -3.14. The molecule has 4 aromatic rings. The van der Waals surface area contributed by atoms with Crippen molar-refractivity contribution in [3.63, 3.8) is 0 Å². The van der Waals surface area contributed by atoms with E-state index in [0.717, 1.165) is 44.2 Å². The van der Waals surface area contributed by atoms with E-state index in [1.54, 1.807) is 12.1 Å². The molecule has 4 heterocycles. The van der Waals surface area contributed by atoms with Crippen molar-refractivity contribution in [2.75, 3.05) is 18.8 Å². The van der Waals surface area contributed by atoms with Crippen LogP contribution in [0.25, 0.3) is 16.6 Å². The molecule has 10 heteroatoms. The number of hydrogen-bond acceptors (Lipinski definition) is 7. The van der Waals surface area contributed by atoms with Gasteiger partial charge in [-0.1, -0.05) is 13.0 Å². The molecule has 0 spiro atoms. The first-order chi connectivity index (χ1) is 13.6. The predicted molar refractivity (Wildman–Crippen MR) is 101 cm³/mol. The van der Waals surface area contributed by atoms with Crippen molar-refractivity contribution in [1.29, 1.82) is 0 Å². The third-order valence-corrected chi connectivity index (χ3v) is 5.20. The normalized spacial score (nSPS) is 14.8. The summed E-state index contributed by atoms with van der Waals surface area (Å²) in [5, 5.41) is 13.6. The van der Waals surface area contributed by atoms with Crippen molar-refractivity contribution in [3.05, 3.63) is 41.5 Å². The molecule has 0 saturated carbocycles. The van der Waals surface area contributed by atoms with Crippen LogP contribution in [0.5, 0.6) is 0 Å². The lowest BCUT2D eigenvalue weighted by atomic mass is 10.2. The Balaban J connectivity index is 1.38. The third-order valence-electron chi connectivity index (χ3n) is 5.20. The van der Waals surface area contributed by atoms with Gasteiger partial charge in [-0.2, -0.15) is 4.52 Å². The van der Waals surface area contributed by atoms with Gasteiger partial charge in [-0.3, -0.25) is 4.90 Å². The highest BCUT2D eigenvalue weighted by Gasteiger charge is 2.21. The zero-order valence-corrected chi connectivity index (χ0v) is 15.5. The molecule has 2 N–H and O–H groups in total. The fraction of sp³-hybridized carbons (Fsp3) is 0.389. The summed E-state index contributed by atoms with van der Waals surface area (Å²) >= 11 is 0. The van der Waals surface area contributed by atoms with Gasteiger partial charge in [0.05, 0.1) is 6.54 Å². The highest BCUT2D eigenvalue weighted by atomic mass is 19.1. The minimum atomic E-state index is -0.417. The molecular weight excluding hydrogens is 361 g/mol. The summed E-state index contributed by atoms with van der Waals surface area (Å²) in [6.45, 7) is 5.48. The van der Waals surface area contributed by atoms with E-state index in [0.29, 0.717) is 23.3 Å². The molecule has 1 aromatic carbocycles. The van der Waals surface area contributed by atoms with E-state index in [-0.39, 0.29) is 11.5 Å². The number of aromatic nitrogens is 7. The summed E-state index contributed by atoms with van der Waals surface area (Å²) in [6, 6.07) is 4.78. The first kappa shape index (κ1) is 17.0. The monoisotopic (exact) mass is 381 g/mol. The molecule has 5 rings (SSSR count). The van der Waals surface area contributed by atoms with Crippen molar-refractivity contribution in [2.24, 2.45) is 0 Å². The fourth-order valence-electron chi connectivity index (χ4n) is 3.74. The van der Waals surface area contributed by atoms with Crippen LogP contribution in [0.1, 0.15) is 24.4 Å². The number of para-hydroxylation sites is 1. The number of benzene rings is 1. The summed E-state index contributed by atoms with van der Waals surface area (Å²) in [4.78, 5) is 11.0. The number of halogens is 1. The number of hydrogen-bond donors (Lipinski definition) is 1. The van der Waals surface area contributed by atoms with Crippen LogP contribution in [0, 0.1) is 5.82 Å². The Bertz CT molecular complexity index is 1180. The minimum absolute atomic E-state index is 0.129. The van der Waals surface area contributed by atoms with E-state index < -0.39 is 5.82 Å². The zero-order valence-electron chi connectivity index (χ0n) is 15.5. The second-order valence-corrected chi connectivity index (χ2v) is 6.93. The number of nitrogens with zero attached hydrogens (tertiary/aromatic N) is 8. The van der Waals surface area contributed by atoms with E-state index >= 15 is 0 Å². The number of fused-ring (bicyclic) bond motifs is 4. The summed E-state index contributed by atoms with van der Waals surface area (Å²) in [6.07, 6.45) is 1.55. The number of nitrogen functional groups attached to an aromatic ring is 1. The second-order valence-electron chi connectivity index (χ2n) is 6.93. The highest BCUT2D eigenvalue weighted by molar-refractivity contribution is 5.92. The van der Waals surface area contributed by atoms with Gasteiger partial charge < -0.3 is 10.3 Å². The molecule has 0 radical (unpaired) electrons. The van der Waals surface area contributed by atoms with Crippen molar-refractivity contribution >= 4 is 22.5 Å². The van der Waals surface area contributed by atoms with Gasteiger partial charge in [-0.15, -0.1) is 15.3 Å². The predicted octanol–water partition coefficient (Wildman–Crippen LogP) is 1.21. The summed E-state index contributed by atoms with van der Waals surface area (Å²) < 4.78 is 17.7. The molecule has 0 atom stereocenters. The van der Waals surface area contributed by atoms with Crippen LogP contribution >= 0.6 is 0 Å². The molecule has 0 aliphatic carbocycles. The smallest absolute Gasteiger partial charge is 0.223 e. The third kappa shape index (κ3) is 2.68. The van der Waals surface area contributed by atoms with Crippen LogP contribution in [0.2, 0.25) is 0 Å². The lowest BCUT2D eigenvalue weighted by Gasteiger charge is -2.27. The average molecular weight is 381 g/mol. The Kier molecular flexibility index (Phi) is 3.93. The van der Waals surface area contributed by atoms with E-state index in [9.17, 15) is 4.39 Å². The molecule has 1 aliphatic rings. The summed E-state index contributed by atoms with van der Waals surface area (Å²) in [5.41, 5.74) is 6.71. The van der Waals surface area contributed by atoms with Crippen LogP contribution in [0.15, 0.2) is 18.2 Å². The quantitative estimate of drug-likeness (QED) is 0.567. The Morgan fingerprint density at radius 1 is 1.18 bits per heavy atom. The van der Waals surface area contributed by atoms with Gasteiger partial charge >= 0.3 is 0 Å². The summed E-state index contributed by atoms with van der Waals surface area (Å²) in [5.74, 6) is 2.41. The molecule has 144 valence electrons. The topological polar surface area (TPSA) is 103 Å². The number of rotatable bonds is 4. The second kappa shape index (κ2) is 6.48. The lowest BCUT2D eigenvalue weighted by molar-refractivity contribution is 0.217. The zero-order chi connectivity index (χ0) is 19.3. The molecule has 0 unspecified atom stereocenters. The first-order valence-electron chi connectivity index (χ1n) is 9.36. The van der Waals surface area contributed by atoms with Gasteiger partial charge in [-0.25, -0.2) is 14.4 Å². The Morgan fingerprint density at radius 3 is 2.93 bits per heavy atom. The Morgan fingerprint density at radius 2 is 2.07 bits per heavy atom. The van der Waals surface area contributed by atoms with Crippen molar-refractivity contribution in [2.45, 2.75) is 32.9 Å². The lowest BCUT2D eigenvalue weighted by Crippen LogP contribution is -2.35. The van der Waals surface area contributed by atoms with E-state index in [4.69, 9.17) is 5.73 Å². The van der Waals surface area contributed by atoms with Crippen molar-refractivity contribution in [3.8, 4) is 0 Å². The van der Waals surface area contributed by atoms with Gasteiger partial charge in [0.2, 0.25) is 5.95 Å². The number of anilines is 1. The van der Waals surface area contributed by atoms with Gasteiger partial charge in [0.15, 0.2) is 11.5 Å². The van der Waals surface area contributed by atoms with E-state index in [2.05, 4.69) is 41.7 Å². The van der Waals surface area contributed by atoms with Crippen LogP contribution in [-0.2, 0) is 25.9 Å². The maximum absolute atomic E-state index is 14.0. The van der Waals surface area contributed by atoms with Gasteiger partial charge in [0.25, 0.3) is 0 Å². The maximum atomic E-state index is 14.0. The van der Waals surface area contributed by atoms with Crippen LogP contribution < -0.4 is 5.73 Å². The molecular formula is C18H20FN9. The first-order valence-corrected chi connectivity index (χ1v) is 9.36. The molecule has 3 aromatic heterocycles. The SMILES string of the molecule is CCc1nnc2n1CCN(CCc1nc3c4cccc(F)c4nc(N)n3n1)C2. The summed E-state index contributed by atoms with van der Waals surface area (Å²) in [7, 11) is 0. The molecule has 0 bridgehead atoms. The molecule has 1 aliphatic heterocycles. The van der Waals surface area contributed by atoms with Crippen LogP contribution in [0.3, 0.4) is 0 Å². The average Bonchev–Trinajstić information content (AvgIpc) is 3.31.